The molecule has 2 aliphatic heterocycles. The van der Waals surface area contributed by atoms with Crippen molar-refractivity contribution < 1.29 is 14.3 Å². The molecule has 0 bridgehead atoms. The quantitative estimate of drug-likeness (QED) is 0.605. The van der Waals surface area contributed by atoms with Crippen LogP contribution in [0.5, 0.6) is 0 Å². The Morgan fingerprint density at radius 2 is 1.87 bits per heavy atom. The zero-order chi connectivity index (χ0) is 22.0. The van der Waals surface area contributed by atoms with Gasteiger partial charge in [0.15, 0.2) is 0 Å². The van der Waals surface area contributed by atoms with Crippen LogP contribution in [0.4, 0.5) is 0 Å². The van der Waals surface area contributed by atoms with Crippen molar-refractivity contribution in [3.63, 3.8) is 0 Å². The SMILES string of the molecule is Cc1c(CC(=O)CC2CCOC2)cc(Cl)cc1CN1CCN(C(=O)CC2CC2)[C@@H](C)C1. The van der Waals surface area contributed by atoms with Gasteiger partial charge in [0.2, 0.25) is 5.91 Å². The molecule has 1 aromatic rings. The standard InChI is InChI=1S/C25H35ClN2O3/c1-17-14-27(6-7-28(17)25(30)10-19-3-4-19)15-22-12-23(26)11-21(18(22)2)13-24(29)9-20-5-8-31-16-20/h11-12,17,19-20H,3-10,13-16H2,1-2H3/t17-,20?/m0/s1. The number of Topliss-reactive ketones (excluding diaryl/α,β-unsaturated/α-hetero) is 1. The molecule has 6 heteroatoms. The molecule has 3 aliphatic rings. The largest absolute Gasteiger partial charge is 0.381 e. The van der Waals surface area contributed by atoms with E-state index >= 15 is 0 Å². The van der Waals surface area contributed by atoms with Gasteiger partial charge in [0.05, 0.1) is 0 Å². The highest BCUT2D eigenvalue weighted by Gasteiger charge is 2.32. The van der Waals surface area contributed by atoms with Crippen molar-refractivity contribution in [1.82, 2.24) is 9.80 Å². The first-order valence-corrected chi connectivity index (χ1v) is 12.2. The fourth-order valence-corrected chi connectivity index (χ4v) is 5.23. The van der Waals surface area contributed by atoms with E-state index in [1.54, 1.807) is 0 Å². The second kappa shape index (κ2) is 10.0. The van der Waals surface area contributed by atoms with Crippen LogP contribution in [0.15, 0.2) is 12.1 Å². The van der Waals surface area contributed by atoms with E-state index in [0.29, 0.717) is 42.2 Å². The normalized spacial score (nSPS) is 24.5. The van der Waals surface area contributed by atoms with Crippen molar-refractivity contribution in [2.45, 2.75) is 65.0 Å². The highest BCUT2D eigenvalue weighted by atomic mass is 35.5. The monoisotopic (exact) mass is 446 g/mol. The molecule has 1 aromatic carbocycles. The predicted molar refractivity (Wildman–Crippen MR) is 122 cm³/mol. The lowest BCUT2D eigenvalue weighted by Gasteiger charge is -2.40. The summed E-state index contributed by atoms with van der Waals surface area (Å²) in [5.41, 5.74) is 3.39. The van der Waals surface area contributed by atoms with Gasteiger partial charge in [-0.3, -0.25) is 14.5 Å². The van der Waals surface area contributed by atoms with Crippen LogP contribution in [0.1, 0.15) is 55.7 Å². The van der Waals surface area contributed by atoms with Gasteiger partial charge in [0, 0.05) is 69.7 Å². The van der Waals surface area contributed by atoms with Crippen LogP contribution < -0.4 is 0 Å². The van der Waals surface area contributed by atoms with Gasteiger partial charge in [-0.1, -0.05) is 11.6 Å². The van der Waals surface area contributed by atoms with Crippen LogP contribution in [-0.4, -0.2) is 60.4 Å². The number of ether oxygens (including phenoxy) is 1. The smallest absolute Gasteiger partial charge is 0.223 e. The Labute approximate surface area is 191 Å². The summed E-state index contributed by atoms with van der Waals surface area (Å²) in [6.07, 6.45) is 5.17. The lowest BCUT2D eigenvalue weighted by atomic mass is 9.93. The van der Waals surface area contributed by atoms with E-state index in [1.807, 2.05) is 12.1 Å². The van der Waals surface area contributed by atoms with Crippen LogP contribution in [0.25, 0.3) is 0 Å². The molecule has 2 saturated heterocycles. The van der Waals surface area contributed by atoms with E-state index in [2.05, 4.69) is 23.6 Å². The summed E-state index contributed by atoms with van der Waals surface area (Å²) in [4.78, 5) is 29.6. The molecule has 2 atom stereocenters. The zero-order valence-electron chi connectivity index (χ0n) is 18.9. The summed E-state index contributed by atoms with van der Waals surface area (Å²) in [5.74, 6) is 1.59. The fourth-order valence-electron chi connectivity index (χ4n) is 4.97. The van der Waals surface area contributed by atoms with E-state index in [0.717, 1.165) is 51.2 Å². The maximum Gasteiger partial charge on any atom is 0.223 e. The molecule has 1 saturated carbocycles. The molecule has 0 spiro atoms. The molecule has 1 amide bonds. The number of amides is 1. The molecule has 0 radical (unpaired) electrons. The number of benzene rings is 1. The number of carbonyl (C=O) groups is 2. The van der Waals surface area contributed by atoms with E-state index in [-0.39, 0.29) is 11.8 Å². The first kappa shape index (κ1) is 22.8. The summed E-state index contributed by atoms with van der Waals surface area (Å²) in [6, 6.07) is 4.21. The minimum Gasteiger partial charge on any atom is -0.381 e. The van der Waals surface area contributed by atoms with Gasteiger partial charge in [-0.2, -0.15) is 0 Å². The Morgan fingerprint density at radius 3 is 2.55 bits per heavy atom. The van der Waals surface area contributed by atoms with Crippen molar-refractivity contribution in [1.29, 1.82) is 0 Å². The van der Waals surface area contributed by atoms with E-state index < -0.39 is 0 Å². The maximum atomic E-state index is 12.6. The summed E-state index contributed by atoms with van der Waals surface area (Å²) >= 11 is 6.44. The topological polar surface area (TPSA) is 49.9 Å². The van der Waals surface area contributed by atoms with E-state index in [1.165, 1.54) is 24.0 Å². The lowest BCUT2D eigenvalue weighted by Crippen LogP contribution is -2.53. The Bertz CT molecular complexity index is 817. The minimum absolute atomic E-state index is 0.231. The first-order valence-electron chi connectivity index (χ1n) is 11.8. The van der Waals surface area contributed by atoms with Gasteiger partial charge < -0.3 is 9.64 Å². The molecular formula is C25H35ClN2O3. The Balaban J connectivity index is 1.35. The van der Waals surface area contributed by atoms with Crippen molar-refractivity contribution in [3.05, 3.63) is 33.8 Å². The predicted octanol–water partition coefficient (Wildman–Crippen LogP) is 4.02. The van der Waals surface area contributed by atoms with Crippen molar-refractivity contribution >= 4 is 23.3 Å². The molecule has 0 N–H and O–H groups in total. The number of hydrogen-bond acceptors (Lipinski definition) is 4. The van der Waals surface area contributed by atoms with Crippen LogP contribution in [0.3, 0.4) is 0 Å². The number of nitrogens with zero attached hydrogens (tertiary/aromatic N) is 2. The molecule has 31 heavy (non-hydrogen) atoms. The van der Waals surface area contributed by atoms with E-state index in [4.69, 9.17) is 16.3 Å². The summed E-state index contributed by atoms with van der Waals surface area (Å²) in [7, 11) is 0. The lowest BCUT2D eigenvalue weighted by molar-refractivity contribution is -0.136. The Morgan fingerprint density at radius 1 is 1.10 bits per heavy atom. The highest BCUT2D eigenvalue weighted by molar-refractivity contribution is 6.30. The summed E-state index contributed by atoms with van der Waals surface area (Å²) < 4.78 is 5.40. The fraction of sp³-hybridized carbons (Fsp3) is 0.680. The van der Waals surface area contributed by atoms with Crippen LogP contribution >= 0.6 is 11.6 Å². The third-order valence-corrected chi connectivity index (χ3v) is 7.32. The third-order valence-electron chi connectivity index (χ3n) is 7.10. The van der Waals surface area contributed by atoms with Crippen LogP contribution in [-0.2, 0) is 27.3 Å². The van der Waals surface area contributed by atoms with Gasteiger partial charge in [-0.15, -0.1) is 0 Å². The van der Waals surface area contributed by atoms with Gasteiger partial charge in [0.25, 0.3) is 0 Å². The summed E-state index contributed by atoms with van der Waals surface area (Å²) in [6.45, 7) is 9.08. The average Bonchev–Trinajstić information content (AvgIpc) is 3.37. The molecular weight excluding hydrogens is 412 g/mol. The molecule has 2 heterocycles. The number of hydrogen-bond donors (Lipinski definition) is 0. The molecule has 0 aromatic heterocycles. The van der Waals surface area contributed by atoms with Gasteiger partial charge in [-0.05, 0) is 73.8 Å². The summed E-state index contributed by atoms with van der Waals surface area (Å²) in [5, 5.41) is 0.693. The van der Waals surface area contributed by atoms with Gasteiger partial charge in [0.1, 0.15) is 5.78 Å². The number of carbonyl (C=O) groups excluding carboxylic acids is 2. The van der Waals surface area contributed by atoms with Crippen LogP contribution in [0.2, 0.25) is 5.02 Å². The van der Waals surface area contributed by atoms with Gasteiger partial charge in [-0.25, -0.2) is 0 Å². The molecule has 4 rings (SSSR count). The highest BCUT2D eigenvalue weighted by Crippen LogP contribution is 2.33. The molecule has 1 aliphatic carbocycles. The number of halogens is 1. The Hall–Kier alpha value is -1.43. The Kier molecular flexibility index (Phi) is 7.35. The zero-order valence-corrected chi connectivity index (χ0v) is 19.6. The molecule has 5 nitrogen and oxygen atoms in total. The molecule has 1 unspecified atom stereocenters. The third kappa shape index (κ3) is 6.09. The maximum absolute atomic E-state index is 12.6. The van der Waals surface area contributed by atoms with Crippen molar-refractivity contribution in [2.75, 3.05) is 32.8 Å². The van der Waals surface area contributed by atoms with Crippen LogP contribution in [0, 0.1) is 18.8 Å². The average molecular weight is 447 g/mol. The number of piperazine rings is 1. The minimum atomic E-state index is 0.231. The number of rotatable bonds is 8. The van der Waals surface area contributed by atoms with Gasteiger partial charge >= 0.3 is 0 Å². The first-order chi connectivity index (χ1) is 14.9. The van der Waals surface area contributed by atoms with E-state index in [9.17, 15) is 9.59 Å². The molecule has 170 valence electrons. The second-order valence-corrected chi connectivity index (χ2v) is 10.3. The van der Waals surface area contributed by atoms with Crippen molar-refractivity contribution in [2.24, 2.45) is 11.8 Å². The second-order valence-electron chi connectivity index (χ2n) is 9.82. The molecule has 3 fully saturated rings. The van der Waals surface area contributed by atoms with Crippen molar-refractivity contribution in [3.8, 4) is 0 Å². The number of ketones is 1.